The molecule has 6 nitrogen and oxygen atoms in total. The molecule has 1 aromatic heterocycles. The van der Waals surface area contributed by atoms with E-state index in [0.29, 0.717) is 5.58 Å². The molecule has 84 valence electrons. The molecule has 0 saturated carbocycles. The van der Waals surface area contributed by atoms with Crippen LogP contribution in [0.1, 0.15) is 11.5 Å². The fraction of sp³-hybridized carbons (Fsp3) is 0.200. The molecule has 1 aromatic carbocycles. The second kappa shape index (κ2) is 3.82. The Morgan fingerprint density at radius 1 is 1.56 bits per heavy atom. The number of hydrogen-bond acceptors (Lipinski definition) is 5. The minimum Gasteiger partial charge on any atom is -0.505 e. The number of nitrogens with two attached hydrogens (primary N) is 1. The lowest BCUT2D eigenvalue weighted by Crippen LogP contribution is -2.21. The van der Waals surface area contributed by atoms with Crippen LogP contribution in [0.5, 0.6) is 5.75 Å². The normalized spacial score (nSPS) is 12.8. The zero-order valence-electron chi connectivity index (χ0n) is 8.25. The van der Waals surface area contributed by atoms with Crippen molar-refractivity contribution in [2.45, 2.75) is 5.92 Å². The van der Waals surface area contributed by atoms with Crippen LogP contribution < -0.4 is 5.73 Å². The third kappa shape index (κ3) is 1.49. The van der Waals surface area contributed by atoms with Crippen molar-refractivity contribution in [3.63, 3.8) is 0 Å². The molecule has 0 amide bonds. The van der Waals surface area contributed by atoms with Gasteiger partial charge >= 0.3 is 5.97 Å². The number of aromatic nitrogens is 1. The van der Waals surface area contributed by atoms with E-state index in [1.807, 2.05) is 0 Å². The molecular weight excluding hydrogens is 212 g/mol. The fourth-order valence-corrected chi connectivity index (χ4v) is 1.57. The van der Waals surface area contributed by atoms with Gasteiger partial charge in [0.05, 0.1) is 5.92 Å². The Morgan fingerprint density at radius 2 is 2.31 bits per heavy atom. The van der Waals surface area contributed by atoms with Crippen LogP contribution in [0.4, 0.5) is 0 Å². The van der Waals surface area contributed by atoms with Gasteiger partial charge in [-0.3, -0.25) is 4.79 Å². The number of phenolic OH excluding ortho intramolecular Hbond substituents is 1. The molecule has 0 fully saturated rings. The number of rotatable bonds is 3. The highest BCUT2D eigenvalue weighted by molar-refractivity contribution is 5.85. The monoisotopic (exact) mass is 222 g/mol. The third-order valence-corrected chi connectivity index (χ3v) is 2.42. The first-order valence-electron chi connectivity index (χ1n) is 4.63. The van der Waals surface area contributed by atoms with Crippen molar-refractivity contribution in [1.29, 1.82) is 0 Å². The highest BCUT2D eigenvalue weighted by atomic mass is 16.4. The Kier molecular flexibility index (Phi) is 2.49. The molecule has 0 aliphatic rings. The van der Waals surface area contributed by atoms with Gasteiger partial charge in [-0.05, 0) is 6.07 Å². The first kappa shape index (κ1) is 10.4. The molecular formula is C10H10N2O4. The molecule has 2 aromatic rings. The van der Waals surface area contributed by atoms with Gasteiger partial charge in [0.2, 0.25) is 0 Å². The molecule has 0 aliphatic carbocycles. The summed E-state index contributed by atoms with van der Waals surface area (Å²) in [6.45, 7) is -0.0910. The van der Waals surface area contributed by atoms with Crippen molar-refractivity contribution in [3.8, 4) is 5.75 Å². The summed E-state index contributed by atoms with van der Waals surface area (Å²) in [6, 6.07) is 3.04. The summed E-state index contributed by atoms with van der Waals surface area (Å²) < 4.78 is 4.98. The number of hydrogen-bond donors (Lipinski definition) is 3. The third-order valence-electron chi connectivity index (χ3n) is 2.42. The lowest BCUT2D eigenvalue weighted by molar-refractivity contribution is -0.138. The maximum atomic E-state index is 10.9. The van der Waals surface area contributed by atoms with Crippen molar-refractivity contribution in [2.24, 2.45) is 5.73 Å². The van der Waals surface area contributed by atoms with Gasteiger partial charge in [0, 0.05) is 12.1 Å². The van der Waals surface area contributed by atoms with E-state index in [2.05, 4.69) is 4.98 Å². The van der Waals surface area contributed by atoms with E-state index in [-0.39, 0.29) is 23.4 Å². The SMILES string of the molecule is NCC(C(=O)O)c1ccc2ocnc2c1O. The number of aliphatic carboxylic acids is 1. The Bertz CT molecular complexity index is 535. The van der Waals surface area contributed by atoms with E-state index >= 15 is 0 Å². The standard InChI is InChI=1S/C10H10N2O4/c11-3-6(10(14)15)5-1-2-7-8(9(5)13)12-4-16-7/h1-2,4,6,13H,3,11H2,(H,14,15). The zero-order chi connectivity index (χ0) is 11.7. The molecule has 6 heteroatoms. The van der Waals surface area contributed by atoms with Crippen LogP contribution in [-0.2, 0) is 4.79 Å². The smallest absolute Gasteiger partial charge is 0.312 e. The molecule has 0 radical (unpaired) electrons. The Morgan fingerprint density at radius 3 is 2.94 bits per heavy atom. The zero-order valence-corrected chi connectivity index (χ0v) is 8.25. The van der Waals surface area contributed by atoms with E-state index in [4.69, 9.17) is 15.3 Å². The number of carbonyl (C=O) groups is 1. The second-order valence-electron chi connectivity index (χ2n) is 3.33. The summed E-state index contributed by atoms with van der Waals surface area (Å²) in [6.07, 6.45) is 1.19. The highest BCUT2D eigenvalue weighted by Gasteiger charge is 2.23. The Labute approximate surface area is 90.3 Å². The van der Waals surface area contributed by atoms with Crippen molar-refractivity contribution in [3.05, 3.63) is 24.1 Å². The van der Waals surface area contributed by atoms with Crippen LogP contribution in [0, 0.1) is 0 Å². The maximum Gasteiger partial charge on any atom is 0.312 e. The van der Waals surface area contributed by atoms with Crippen molar-refractivity contribution >= 4 is 17.1 Å². The summed E-state index contributed by atoms with van der Waals surface area (Å²) >= 11 is 0. The molecule has 1 heterocycles. The van der Waals surface area contributed by atoms with Crippen molar-refractivity contribution in [1.82, 2.24) is 4.98 Å². The number of fused-ring (bicyclic) bond motifs is 1. The molecule has 16 heavy (non-hydrogen) atoms. The van der Waals surface area contributed by atoms with E-state index in [1.165, 1.54) is 12.5 Å². The number of carboxylic acid groups (broad SMARTS) is 1. The largest absolute Gasteiger partial charge is 0.505 e. The molecule has 1 atom stereocenters. The summed E-state index contributed by atoms with van der Waals surface area (Å²) in [5, 5.41) is 18.8. The van der Waals surface area contributed by atoms with E-state index in [9.17, 15) is 9.90 Å². The number of oxazole rings is 1. The van der Waals surface area contributed by atoms with Gasteiger partial charge in [0.1, 0.15) is 5.75 Å². The minimum atomic E-state index is -1.08. The molecule has 4 N–H and O–H groups in total. The van der Waals surface area contributed by atoms with Gasteiger partial charge in [0.25, 0.3) is 0 Å². The lowest BCUT2D eigenvalue weighted by atomic mass is 9.98. The first-order valence-corrected chi connectivity index (χ1v) is 4.63. The van der Waals surface area contributed by atoms with Gasteiger partial charge in [-0.2, -0.15) is 0 Å². The van der Waals surface area contributed by atoms with E-state index in [1.54, 1.807) is 6.07 Å². The fourth-order valence-electron chi connectivity index (χ4n) is 1.57. The minimum absolute atomic E-state index is 0.0910. The van der Waals surface area contributed by atoms with Crippen LogP contribution in [0.25, 0.3) is 11.1 Å². The summed E-state index contributed by atoms with van der Waals surface area (Å²) in [4.78, 5) is 14.7. The molecule has 2 rings (SSSR count). The van der Waals surface area contributed by atoms with Gasteiger partial charge in [-0.15, -0.1) is 0 Å². The maximum absolute atomic E-state index is 10.9. The predicted octanol–water partition coefficient (Wildman–Crippen LogP) is 0.660. The number of nitrogens with zero attached hydrogens (tertiary/aromatic N) is 1. The average molecular weight is 222 g/mol. The lowest BCUT2D eigenvalue weighted by Gasteiger charge is -2.11. The summed E-state index contributed by atoms with van der Waals surface area (Å²) in [5.74, 6) is -2.22. The average Bonchev–Trinajstić information content (AvgIpc) is 2.70. The van der Waals surface area contributed by atoms with Gasteiger partial charge in [0.15, 0.2) is 17.5 Å². The molecule has 1 unspecified atom stereocenters. The quantitative estimate of drug-likeness (QED) is 0.703. The number of phenols is 1. The molecule has 0 aliphatic heterocycles. The molecule has 0 saturated heterocycles. The topological polar surface area (TPSA) is 110 Å². The number of benzene rings is 1. The van der Waals surface area contributed by atoms with Gasteiger partial charge in [-0.1, -0.05) is 6.07 Å². The first-order chi connectivity index (χ1) is 7.65. The van der Waals surface area contributed by atoms with E-state index in [0.717, 1.165) is 0 Å². The number of aromatic hydroxyl groups is 1. The molecule has 0 bridgehead atoms. The second-order valence-corrected chi connectivity index (χ2v) is 3.33. The predicted molar refractivity (Wildman–Crippen MR) is 55.1 cm³/mol. The van der Waals surface area contributed by atoms with Crippen LogP contribution in [-0.4, -0.2) is 27.7 Å². The van der Waals surface area contributed by atoms with Crippen molar-refractivity contribution < 1.29 is 19.4 Å². The van der Waals surface area contributed by atoms with Gasteiger partial charge < -0.3 is 20.4 Å². The van der Waals surface area contributed by atoms with E-state index < -0.39 is 11.9 Å². The summed E-state index contributed by atoms with van der Waals surface area (Å²) in [7, 11) is 0. The van der Waals surface area contributed by atoms with Crippen LogP contribution in [0.2, 0.25) is 0 Å². The Hall–Kier alpha value is -2.08. The Balaban J connectivity index is 2.59. The van der Waals surface area contributed by atoms with Crippen LogP contribution in [0.15, 0.2) is 22.9 Å². The number of carboxylic acids is 1. The summed E-state index contributed by atoms with van der Waals surface area (Å²) in [5.41, 5.74) is 6.26. The molecule has 0 spiro atoms. The van der Waals surface area contributed by atoms with Gasteiger partial charge in [-0.25, -0.2) is 4.98 Å². The van der Waals surface area contributed by atoms with Crippen LogP contribution in [0.3, 0.4) is 0 Å². The highest BCUT2D eigenvalue weighted by Crippen LogP contribution is 2.32. The van der Waals surface area contributed by atoms with Crippen molar-refractivity contribution in [2.75, 3.05) is 6.54 Å². The van der Waals surface area contributed by atoms with Crippen LogP contribution >= 0.6 is 0 Å².